The zero-order valence-corrected chi connectivity index (χ0v) is 18.4. The first-order valence-electron chi connectivity index (χ1n) is 10.4. The maximum absolute atomic E-state index is 12.6. The van der Waals surface area contributed by atoms with Crippen LogP contribution in [-0.2, 0) is 4.79 Å². The highest BCUT2D eigenvalue weighted by Gasteiger charge is 2.21. The lowest BCUT2D eigenvalue weighted by atomic mass is 9.95. The first-order valence-corrected chi connectivity index (χ1v) is 10.4. The standard InChI is InChI=1S/C24H29NO6/c1-15(2)24(18-7-9-20-22(13-18)30-11-5-10-29-20)25-23(27)14-31-19-8-6-17(16(3)26)12-21(19)28-4/h6-9,12-13,15,24H,5,10-11,14H2,1-4H3,(H,25,27). The summed E-state index contributed by atoms with van der Waals surface area (Å²) in [6.45, 7) is 6.62. The molecule has 1 aliphatic heterocycles. The highest BCUT2D eigenvalue weighted by molar-refractivity contribution is 5.94. The van der Waals surface area contributed by atoms with Crippen molar-refractivity contribution in [3.8, 4) is 23.0 Å². The molecule has 1 heterocycles. The van der Waals surface area contributed by atoms with E-state index in [1.807, 2.05) is 32.0 Å². The Labute approximate surface area is 182 Å². The van der Waals surface area contributed by atoms with Crippen LogP contribution in [0.25, 0.3) is 0 Å². The number of fused-ring (bicyclic) bond motifs is 1. The van der Waals surface area contributed by atoms with Crippen LogP contribution < -0.4 is 24.3 Å². The van der Waals surface area contributed by atoms with E-state index in [4.69, 9.17) is 18.9 Å². The van der Waals surface area contributed by atoms with Crippen molar-refractivity contribution in [1.29, 1.82) is 0 Å². The fraction of sp³-hybridized carbons (Fsp3) is 0.417. The second-order valence-corrected chi connectivity index (χ2v) is 7.76. The first-order chi connectivity index (χ1) is 14.9. The monoisotopic (exact) mass is 427 g/mol. The Hall–Kier alpha value is -3.22. The third kappa shape index (κ3) is 5.69. The largest absolute Gasteiger partial charge is 0.493 e. The first kappa shape index (κ1) is 22.5. The summed E-state index contributed by atoms with van der Waals surface area (Å²) in [5.74, 6) is 2.04. The van der Waals surface area contributed by atoms with Gasteiger partial charge in [0, 0.05) is 12.0 Å². The second kappa shape index (κ2) is 10.2. The van der Waals surface area contributed by atoms with Gasteiger partial charge in [0.05, 0.1) is 26.4 Å². The minimum absolute atomic E-state index is 0.0718. The van der Waals surface area contributed by atoms with Crippen LogP contribution in [0, 0.1) is 5.92 Å². The molecule has 0 aliphatic carbocycles. The minimum Gasteiger partial charge on any atom is -0.493 e. The van der Waals surface area contributed by atoms with Gasteiger partial charge in [0.25, 0.3) is 5.91 Å². The molecule has 0 saturated carbocycles. The molecule has 0 bridgehead atoms. The summed E-state index contributed by atoms with van der Waals surface area (Å²) in [7, 11) is 1.49. The molecule has 0 fully saturated rings. The van der Waals surface area contributed by atoms with Crippen LogP contribution in [0.2, 0.25) is 0 Å². The molecule has 1 unspecified atom stereocenters. The topological polar surface area (TPSA) is 83.1 Å². The van der Waals surface area contributed by atoms with Gasteiger partial charge in [-0.05, 0) is 48.7 Å². The average Bonchev–Trinajstić information content (AvgIpc) is 3.00. The summed E-state index contributed by atoms with van der Waals surface area (Å²) in [5.41, 5.74) is 1.46. The van der Waals surface area contributed by atoms with Gasteiger partial charge < -0.3 is 24.3 Å². The van der Waals surface area contributed by atoms with E-state index in [1.165, 1.54) is 14.0 Å². The molecule has 0 saturated heterocycles. The molecule has 1 N–H and O–H groups in total. The molecular weight excluding hydrogens is 398 g/mol. The SMILES string of the molecule is COc1cc(C(C)=O)ccc1OCC(=O)NC(c1ccc2c(c1)OCCCO2)C(C)C. The number of benzene rings is 2. The lowest BCUT2D eigenvalue weighted by molar-refractivity contribution is -0.124. The van der Waals surface area contributed by atoms with Crippen molar-refractivity contribution < 1.29 is 28.5 Å². The van der Waals surface area contributed by atoms with Gasteiger partial charge in [-0.15, -0.1) is 0 Å². The zero-order valence-electron chi connectivity index (χ0n) is 18.4. The van der Waals surface area contributed by atoms with Crippen molar-refractivity contribution in [3.05, 3.63) is 47.5 Å². The van der Waals surface area contributed by atoms with Gasteiger partial charge in [0.15, 0.2) is 35.4 Å². The van der Waals surface area contributed by atoms with Crippen molar-refractivity contribution in [2.24, 2.45) is 5.92 Å². The van der Waals surface area contributed by atoms with E-state index in [-0.39, 0.29) is 30.3 Å². The minimum atomic E-state index is -0.261. The lowest BCUT2D eigenvalue weighted by Crippen LogP contribution is -2.35. The summed E-state index contributed by atoms with van der Waals surface area (Å²) in [6.07, 6.45) is 0.836. The average molecular weight is 427 g/mol. The number of methoxy groups -OCH3 is 1. The number of carbonyl (C=O) groups excluding carboxylic acids is 2. The van der Waals surface area contributed by atoms with Gasteiger partial charge >= 0.3 is 0 Å². The fourth-order valence-electron chi connectivity index (χ4n) is 3.37. The summed E-state index contributed by atoms with van der Waals surface area (Å²) >= 11 is 0. The third-order valence-corrected chi connectivity index (χ3v) is 5.04. The smallest absolute Gasteiger partial charge is 0.258 e. The molecule has 2 aromatic carbocycles. The predicted octanol–water partition coefficient (Wildman–Crippen LogP) is 3.95. The fourth-order valence-corrected chi connectivity index (χ4v) is 3.37. The number of hydrogen-bond donors (Lipinski definition) is 1. The summed E-state index contributed by atoms with van der Waals surface area (Å²) < 4.78 is 22.4. The molecular formula is C24H29NO6. The Morgan fingerprint density at radius 2 is 1.77 bits per heavy atom. The number of rotatable bonds is 8. The number of ketones is 1. The number of carbonyl (C=O) groups is 2. The van der Waals surface area contributed by atoms with Crippen molar-refractivity contribution in [3.63, 3.8) is 0 Å². The molecule has 3 rings (SSSR count). The van der Waals surface area contributed by atoms with Gasteiger partial charge in [-0.25, -0.2) is 0 Å². The molecule has 31 heavy (non-hydrogen) atoms. The Bertz CT molecular complexity index is 940. The molecule has 7 nitrogen and oxygen atoms in total. The van der Waals surface area contributed by atoms with Gasteiger partial charge in [-0.2, -0.15) is 0 Å². The van der Waals surface area contributed by atoms with Gasteiger partial charge in [0.1, 0.15) is 0 Å². The number of nitrogens with one attached hydrogen (secondary N) is 1. The number of hydrogen-bond acceptors (Lipinski definition) is 6. The van der Waals surface area contributed by atoms with Crippen molar-refractivity contribution in [2.75, 3.05) is 26.9 Å². The molecule has 0 spiro atoms. The van der Waals surface area contributed by atoms with Crippen LogP contribution in [0.1, 0.15) is 49.2 Å². The van der Waals surface area contributed by atoms with Crippen molar-refractivity contribution in [2.45, 2.75) is 33.2 Å². The summed E-state index contributed by atoms with van der Waals surface area (Å²) in [6, 6.07) is 10.4. The quantitative estimate of drug-likeness (QED) is 0.643. The number of ether oxygens (including phenoxy) is 4. The van der Waals surface area contributed by atoms with E-state index in [0.717, 1.165) is 17.7 Å². The van der Waals surface area contributed by atoms with Crippen molar-refractivity contribution in [1.82, 2.24) is 5.32 Å². The number of amides is 1. The highest BCUT2D eigenvalue weighted by atomic mass is 16.5. The molecule has 1 aliphatic rings. The zero-order chi connectivity index (χ0) is 22.4. The Kier molecular flexibility index (Phi) is 7.39. The second-order valence-electron chi connectivity index (χ2n) is 7.76. The summed E-state index contributed by atoms with van der Waals surface area (Å²) in [4.78, 5) is 24.2. The third-order valence-electron chi connectivity index (χ3n) is 5.04. The normalized spacial score (nSPS) is 13.8. The maximum Gasteiger partial charge on any atom is 0.258 e. The maximum atomic E-state index is 12.6. The molecule has 1 atom stereocenters. The Morgan fingerprint density at radius 1 is 1.03 bits per heavy atom. The predicted molar refractivity (Wildman–Crippen MR) is 116 cm³/mol. The number of Topliss-reactive ketones (excluding diaryl/α,β-unsaturated/α-hetero) is 1. The van der Waals surface area contributed by atoms with E-state index in [2.05, 4.69) is 5.32 Å². The van der Waals surface area contributed by atoms with E-state index in [1.54, 1.807) is 18.2 Å². The van der Waals surface area contributed by atoms with E-state index < -0.39 is 0 Å². The van der Waals surface area contributed by atoms with Crippen LogP contribution in [-0.4, -0.2) is 38.6 Å². The summed E-state index contributed by atoms with van der Waals surface area (Å²) in [5, 5.41) is 3.04. The van der Waals surface area contributed by atoms with Crippen LogP contribution in [0.15, 0.2) is 36.4 Å². The highest BCUT2D eigenvalue weighted by Crippen LogP contribution is 2.34. The van der Waals surface area contributed by atoms with E-state index >= 15 is 0 Å². The van der Waals surface area contributed by atoms with Crippen LogP contribution >= 0.6 is 0 Å². The Balaban J connectivity index is 1.68. The van der Waals surface area contributed by atoms with E-state index in [0.29, 0.717) is 36.0 Å². The Morgan fingerprint density at radius 3 is 2.45 bits per heavy atom. The van der Waals surface area contributed by atoms with Crippen LogP contribution in [0.3, 0.4) is 0 Å². The van der Waals surface area contributed by atoms with Crippen LogP contribution in [0.5, 0.6) is 23.0 Å². The van der Waals surface area contributed by atoms with Gasteiger partial charge in [0.2, 0.25) is 0 Å². The molecule has 7 heteroatoms. The van der Waals surface area contributed by atoms with Crippen LogP contribution in [0.4, 0.5) is 0 Å². The molecule has 1 amide bonds. The molecule has 0 aromatic heterocycles. The molecule has 166 valence electrons. The molecule has 0 radical (unpaired) electrons. The van der Waals surface area contributed by atoms with Crippen molar-refractivity contribution >= 4 is 11.7 Å². The molecule has 2 aromatic rings. The van der Waals surface area contributed by atoms with Gasteiger partial charge in [-0.3, -0.25) is 9.59 Å². The lowest BCUT2D eigenvalue weighted by Gasteiger charge is -2.24. The van der Waals surface area contributed by atoms with Gasteiger partial charge in [-0.1, -0.05) is 19.9 Å². The van der Waals surface area contributed by atoms with E-state index in [9.17, 15) is 9.59 Å².